The Hall–Kier alpha value is -4.31. The maximum atomic E-state index is 13.3. The number of nitrogens with zero attached hydrogens (tertiary/aromatic N) is 4. The van der Waals surface area contributed by atoms with Crippen LogP contribution >= 0.6 is 11.6 Å². The molecule has 0 radical (unpaired) electrons. The topological polar surface area (TPSA) is 112 Å². The van der Waals surface area contributed by atoms with E-state index in [0.717, 1.165) is 6.07 Å². The fraction of sp³-hybridized carbons (Fsp3) is 0.0455. The quantitative estimate of drug-likeness (QED) is 0.324. The molecule has 0 fully saturated rings. The predicted octanol–water partition coefficient (Wildman–Crippen LogP) is 3.91. The third-order valence-electron chi connectivity index (χ3n) is 4.30. The normalized spacial score (nSPS) is 11.3. The average molecular weight is 468 g/mol. The summed E-state index contributed by atoms with van der Waals surface area (Å²) in [6.07, 6.45) is 2.83. The Morgan fingerprint density at radius 2 is 1.97 bits per heavy atom. The molecule has 0 aliphatic rings. The van der Waals surface area contributed by atoms with Crippen molar-refractivity contribution in [3.05, 3.63) is 83.5 Å². The first kappa shape index (κ1) is 21.9. The first-order chi connectivity index (χ1) is 16.0. The zero-order chi connectivity index (χ0) is 23.2. The van der Waals surface area contributed by atoms with Crippen LogP contribution in [-0.4, -0.2) is 38.7 Å². The predicted molar refractivity (Wildman–Crippen MR) is 117 cm³/mol. The lowest BCUT2D eigenvalue weighted by molar-refractivity contribution is -0.141. The van der Waals surface area contributed by atoms with E-state index in [1.807, 2.05) is 6.07 Å². The number of hydrogen-bond donors (Lipinski definition) is 1. The van der Waals surface area contributed by atoms with Gasteiger partial charge in [-0.05, 0) is 40.8 Å². The monoisotopic (exact) mass is 467 g/mol. The highest BCUT2D eigenvalue weighted by molar-refractivity contribution is 6.31. The largest absolute Gasteiger partial charge is 0.465 e. The SMILES string of the molecule is O=C(COC(=O)/C(=C/c1ccco1)n1nnnc1-c1ccccc1)Nc1ccc(F)c(Cl)c1. The van der Waals surface area contributed by atoms with Crippen LogP contribution in [0.15, 0.2) is 71.3 Å². The highest BCUT2D eigenvalue weighted by Crippen LogP contribution is 2.22. The van der Waals surface area contributed by atoms with Crippen LogP contribution in [0.2, 0.25) is 5.02 Å². The van der Waals surface area contributed by atoms with Crippen molar-refractivity contribution in [2.75, 3.05) is 11.9 Å². The number of anilines is 1. The minimum atomic E-state index is -0.872. The summed E-state index contributed by atoms with van der Waals surface area (Å²) in [5.41, 5.74) is 0.832. The van der Waals surface area contributed by atoms with E-state index in [2.05, 4.69) is 20.8 Å². The molecular weight excluding hydrogens is 453 g/mol. The molecule has 2 heterocycles. The second kappa shape index (κ2) is 9.88. The van der Waals surface area contributed by atoms with Crippen LogP contribution in [0, 0.1) is 5.82 Å². The number of aromatic nitrogens is 4. The number of benzene rings is 2. The molecule has 2 aromatic carbocycles. The molecule has 4 rings (SSSR count). The van der Waals surface area contributed by atoms with Gasteiger partial charge in [0.05, 0.1) is 11.3 Å². The van der Waals surface area contributed by atoms with Crippen molar-refractivity contribution in [1.82, 2.24) is 20.2 Å². The maximum Gasteiger partial charge on any atom is 0.357 e. The summed E-state index contributed by atoms with van der Waals surface area (Å²) in [6, 6.07) is 15.9. The van der Waals surface area contributed by atoms with Crippen LogP contribution < -0.4 is 5.32 Å². The summed E-state index contributed by atoms with van der Waals surface area (Å²) in [5, 5.41) is 13.9. The van der Waals surface area contributed by atoms with Gasteiger partial charge in [-0.3, -0.25) is 4.79 Å². The lowest BCUT2D eigenvalue weighted by atomic mass is 10.2. The summed E-state index contributed by atoms with van der Waals surface area (Å²) in [6.45, 7) is -0.619. The Morgan fingerprint density at radius 1 is 1.15 bits per heavy atom. The molecule has 1 amide bonds. The van der Waals surface area contributed by atoms with Crippen molar-refractivity contribution >= 4 is 40.9 Å². The summed E-state index contributed by atoms with van der Waals surface area (Å²) >= 11 is 5.71. The van der Waals surface area contributed by atoms with Crippen molar-refractivity contribution in [2.45, 2.75) is 0 Å². The molecule has 0 saturated heterocycles. The summed E-state index contributed by atoms with van der Waals surface area (Å²) in [5.74, 6) is -1.51. The Kier molecular flexibility index (Phi) is 6.56. The van der Waals surface area contributed by atoms with Gasteiger partial charge in [-0.15, -0.1) is 5.10 Å². The lowest BCUT2D eigenvalue weighted by Crippen LogP contribution is -2.23. The van der Waals surface area contributed by atoms with E-state index in [9.17, 15) is 14.0 Å². The number of halogens is 2. The van der Waals surface area contributed by atoms with E-state index in [4.69, 9.17) is 20.8 Å². The van der Waals surface area contributed by atoms with Crippen molar-refractivity contribution in [2.24, 2.45) is 0 Å². The zero-order valence-electron chi connectivity index (χ0n) is 16.8. The Bertz CT molecular complexity index is 1310. The van der Waals surface area contributed by atoms with Gasteiger partial charge in [0, 0.05) is 17.3 Å². The van der Waals surface area contributed by atoms with Crippen molar-refractivity contribution in [3.8, 4) is 11.4 Å². The molecule has 4 aromatic rings. The smallest absolute Gasteiger partial charge is 0.357 e. The van der Waals surface area contributed by atoms with Gasteiger partial charge in [-0.1, -0.05) is 41.9 Å². The third kappa shape index (κ3) is 5.31. The molecule has 0 aliphatic heterocycles. The van der Waals surface area contributed by atoms with E-state index in [-0.39, 0.29) is 22.2 Å². The number of rotatable bonds is 7. The first-order valence-corrected chi connectivity index (χ1v) is 9.90. The number of tetrazole rings is 1. The third-order valence-corrected chi connectivity index (χ3v) is 4.59. The highest BCUT2D eigenvalue weighted by atomic mass is 35.5. The van der Waals surface area contributed by atoms with E-state index in [1.165, 1.54) is 29.2 Å². The molecule has 1 N–H and O–H groups in total. The number of ether oxygens (including phenoxy) is 1. The average Bonchev–Trinajstić information content (AvgIpc) is 3.51. The van der Waals surface area contributed by atoms with Gasteiger partial charge >= 0.3 is 5.97 Å². The molecule has 0 spiro atoms. The molecule has 11 heteroatoms. The van der Waals surface area contributed by atoms with Gasteiger partial charge in [0.25, 0.3) is 5.91 Å². The molecule has 0 bridgehead atoms. The maximum absolute atomic E-state index is 13.3. The van der Waals surface area contributed by atoms with Gasteiger partial charge in [-0.2, -0.15) is 4.68 Å². The molecule has 0 saturated carbocycles. The van der Waals surface area contributed by atoms with Gasteiger partial charge in [0.15, 0.2) is 18.1 Å². The Morgan fingerprint density at radius 3 is 2.70 bits per heavy atom. The summed E-state index contributed by atoms with van der Waals surface area (Å²) in [4.78, 5) is 25.1. The van der Waals surface area contributed by atoms with Crippen LogP contribution in [-0.2, 0) is 14.3 Å². The van der Waals surface area contributed by atoms with Crippen LogP contribution in [0.1, 0.15) is 5.76 Å². The second-order valence-electron chi connectivity index (χ2n) is 6.58. The fourth-order valence-electron chi connectivity index (χ4n) is 2.81. The number of carbonyl (C=O) groups excluding carboxylic acids is 2. The van der Waals surface area contributed by atoms with Gasteiger partial charge in [0.2, 0.25) is 0 Å². The Labute approximate surface area is 191 Å². The van der Waals surface area contributed by atoms with Gasteiger partial charge in [0.1, 0.15) is 11.6 Å². The standard InChI is InChI=1S/C22H15ClFN5O4/c23-17-11-15(8-9-18(17)24)25-20(30)13-33-22(31)19(12-16-7-4-10-32-16)29-21(26-27-28-29)14-5-2-1-3-6-14/h1-12H,13H2,(H,25,30)/b19-12-. The van der Waals surface area contributed by atoms with Crippen LogP contribution in [0.3, 0.4) is 0 Å². The number of carbonyl (C=O) groups is 2. The van der Waals surface area contributed by atoms with E-state index in [1.54, 1.807) is 36.4 Å². The minimum Gasteiger partial charge on any atom is -0.465 e. The van der Waals surface area contributed by atoms with Crippen molar-refractivity contribution in [1.29, 1.82) is 0 Å². The molecule has 166 valence electrons. The Balaban J connectivity index is 1.54. The first-order valence-electron chi connectivity index (χ1n) is 9.52. The van der Waals surface area contributed by atoms with Gasteiger partial charge < -0.3 is 14.5 Å². The molecule has 0 atom stereocenters. The van der Waals surface area contributed by atoms with Crippen molar-refractivity contribution < 1.29 is 23.1 Å². The molecule has 33 heavy (non-hydrogen) atoms. The fourth-order valence-corrected chi connectivity index (χ4v) is 2.99. The number of nitrogens with one attached hydrogen (secondary N) is 1. The number of furan rings is 1. The zero-order valence-corrected chi connectivity index (χ0v) is 17.6. The van der Waals surface area contributed by atoms with Crippen molar-refractivity contribution in [3.63, 3.8) is 0 Å². The molecule has 0 unspecified atom stereocenters. The van der Waals surface area contributed by atoms with E-state index < -0.39 is 24.3 Å². The van der Waals surface area contributed by atoms with E-state index in [0.29, 0.717) is 11.3 Å². The van der Waals surface area contributed by atoms with Crippen LogP contribution in [0.4, 0.5) is 10.1 Å². The van der Waals surface area contributed by atoms with Crippen LogP contribution in [0.25, 0.3) is 23.2 Å². The second-order valence-corrected chi connectivity index (χ2v) is 6.99. The molecule has 2 aromatic heterocycles. The number of hydrogen-bond acceptors (Lipinski definition) is 7. The molecular formula is C22H15ClFN5O4. The number of amides is 1. The summed E-state index contributed by atoms with van der Waals surface area (Å²) in [7, 11) is 0. The lowest BCUT2D eigenvalue weighted by Gasteiger charge is -2.10. The highest BCUT2D eigenvalue weighted by Gasteiger charge is 2.22. The van der Waals surface area contributed by atoms with Crippen LogP contribution in [0.5, 0.6) is 0 Å². The minimum absolute atomic E-state index is 0.0774. The molecule has 9 nitrogen and oxygen atoms in total. The van der Waals surface area contributed by atoms with E-state index >= 15 is 0 Å². The summed E-state index contributed by atoms with van der Waals surface area (Å²) < 4.78 is 24.9. The number of esters is 1. The van der Waals surface area contributed by atoms with Gasteiger partial charge in [-0.25, -0.2) is 9.18 Å². The molecule has 0 aliphatic carbocycles.